The number of rotatable bonds is 6. The molecule has 6 nitrogen and oxygen atoms in total. The number of hydrogen-bond acceptors (Lipinski definition) is 4. The molecule has 0 unspecified atom stereocenters. The molecule has 1 aliphatic rings. The predicted octanol–water partition coefficient (Wildman–Crippen LogP) is 1.45. The number of sulfone groups is 1. The zero-order valence-corrected chi connectivity index (χ0v) is 14.1. The summed E-state index contributed by atoms with van der Waals surface area (Å²) in [6.45, 7) is 2.33. The number of phenols is 1. The van der Waals surface area contributed by atoms with Crippen molar-refractivity contribution in [2.45, 2.75) is 32.2 Å². The van der Waals surface area contributed by atoms with Crippen LogP contribution >= 0.6 is 0 Å². The molecule has 0 aromatic heterocycles. The summed E-state index contributed by atoms with van der Waals surface area (Å²) in [5, 5.41) is 14.8. The number of hydrogen-bond donors (Lipinski definition) is 3. The quantitative estimate of drug-likeness (QED) is 0.730. The van der Waals surface area contributed by atoms with Gasteiger partial charge in [0.25, 0.3) is 0 Å². The van der Waals surface area contributed by atoms with Crippen molar-refractivity contribution in [3.63, 3.8) is 0 Å². The number of aryl methyl sites for hydroxylation is 1. The summed E-state index contributed by atoms with van der Waals surface area (Å²) < 4.78 is 22.7. The van der Waals surface area contributed by atoms with Crippen molar-refractivity contribution >= 4 is 15.9 Å². The van der Waals surface area contributed by atoms with Crippen LogP contribution in [-0.4, -0.2) is 43.6 Å². The topological polar surface area (TPSA) is 95.5 Å². The zero-order chi connectivity index (χ0) is 16.9. The number of benzene rings is 1. The summed E-state index contributed by atoms with van der Waals surface area (Å²) in [5.74, 6) is 0.666. The van der Waals surface area contributed by atoms with Crippen LogP contribution in [0, 0.1) is 5.92 Å². The monoisotopic (exact) mass is 340 g/mol. The Balaban J connectivity index is 1.65. The first-order valence-corrected chi connectivity index (χ1v) is 9.69. The first kappa shape index (κ1) is 17.6. The van der Waals surface area contributed by atoms with E-state index in [4.69, 9.17) is 0 Å². The highest BCUT2D eigenvalue weighted by Crippen LogP contribution is 2.17. The first-order valence-electron chi connectivity index (χ1n) is 7.87. The molecule has 1 saturated heterocycles. The Labute approximate surface area is 137 Å². The molecule has 7 heteroatoms. The predicted molar refractivity (Wildman–Crippen MR) is 89.2 cm³/mol. The molecule has 2 rings (SSSR count). The summed E-state index contributed by atoms with van der Waals surface area (Å²) in [6, 6.07) is 6.78. The summed E-state index contributed by atoms with van der Waals surface area (Å²) in [5.41, 5.74) is 1.10. The van der Waals surface area contributed by atoms with Crippen LogP contribution in [0.25, 0.3) is 0 Å². The van der Waals surface area contributed by atoms with Gasteiger partial charge < -0.3 is 15.7 Å². The lowest BCUT2D eigenvalue weighted by Gasteiger charge is -2.16. The number of aromatic hydroxyl groups is 1. The minimum atomic E-state index is -2.90. The highest BCUT2D eigenvalue weighted by molar-refractivity contribution is 7.91. The summed E-state index contributed by atoms with van der Waals surface area (Å²) in [7, 11) is -2.90. The third kappa shape index (κ3) is 6.09. The van der Waals surface area contributed by atoms with Crippen LogP contribution in [0.3, 0.4) is 0 Å². The van der Waals surface area contributed by atoms with Gasteiger partial charge in [-0.1, -0.05) is 12.1 Å². The van der Waals surface area contributed by atoms with Crippen molar-refractivity contribution in [1.29, 1.82) is 0 Å². The molecule has 23 heavy (non-hydrogen) atoms. The molecule has 0 spiro atoms. The third-order valence-electron chi connectivity index (χ3n) is 4.06. The Kier molecular flexibility index (Phi) is 5.87. The van der Waals surface area contributed by atoms with Crippen LogP contribution in [0.4, 0.5) is 4.79 Å². The second kappa shape index (κ2) is 7.68. The highest BCUT2D eigenvalue weighted by Gasteiger charge is 2.27. The minimum absolute atomic E-state index is 0.0103. The van der Waals surface area contributed by atoms with Crippen molar-refractivity contribution in [2.75, 3.05) is 18.1 Å². The summed E-state index contributed by atoms with van der Waals surface area (Å²) in [4.78, 5) is 11.8. The van der Waals surface area contributed by atoms with E-state index in [2.05, 4.69) is 10.6 Å². The Morgan fingerprint density at radius 2 is 2.04 bits per heavy atom. The van der Waals surface area contributed by atoms with Crippen LogP contribution in [-0.2, 0) is 16.3 Å². The third-order valence-corrected chi connectivity index (χ3v) is 5.89. The lowest BCUT2D eigenvalue weighted by molar-refractivity contribution is 0.235. The molecule has 0 bridgehead atoms. The van der Waals surface area contributed by atoms with E-state index in [9.17, 15) is 18.3 Å². The van der Waals surface area contributed by atoms with Crippen molar-refractivity contribution in [1.82, 2.24) is 10.6 Å². The maximum atomic E-state index is 11.8. The second-order valence-electron chi connectivity index (χ2n) is 6.23. The average molecular weight is 340 g/mol. The van der Waals surface area contributed by atoms with Gasteiger partial charge in [-0.25, -0.2) is 13.2 Å². The Morgan fingerprint density at radius 1 is 1.35 bits per heavy atom. The van der Waals surface area contributed by atoms with Gasteiger partial charge in [0, 0.05) is 12.6 Å². The van der Waals surface area contributed by atoms with Crippen LogP contribution in [0.1, 0.15) is 25.3 Å². The number of carbonyl (C=O) groups is 1. The van der Waals surface area contributed by atoms with Gasteiger partial charge >= 0.3 is 6.03 Å². The van der Waals surface area contributed by atoms with Gasteiger partial charge in [-0.05, 0) is 49.8 Å². The lowest BCUT2D eigenvalue weighted by Crippen LogP contribution is -2.42. The van der Waals surface area contributed by atoms with Crippen LogP contribution in [0.5, 0.6) is 5.75 Å². The molecule has 1 aromatic carbocycles. The molecule has 3 N–H and O–H groups in total. The average Bonchev–Trinajstić information content (AvgIpc) is 2.84. The first-order chi connectivity index (χ1) is 10.8. The van der Waals surface area contributed by atoms with E-state index in [1.54, 1.807) is 12.1 Å². The SMILES string of the molecule is C[C@@H](CCc1ccc(O)cc1)NC(=O)NC[C@H]1CCS(=O)(=O)C1. The van der Waals surface area contributed by atoms with E-state index in [0.29, 0.717) is 13.0 Å². The summed E-state index contributed by atoms with van der Waals surface area (Å²) >= 11 is 0. The molecule has 1 fully saturated rings. The van der Waals surface area contributed by atoms with Crippen molar-refractivity contribution < 1.29 is 18.3 Å². The number of amides is 2. The Hall–Kier alpha value is -1.76. The number of urea groups is 1. The fourth-order valence-electron chi connectivity index (χ4n) is 2.66. The van der Waals surface area contributed by atoms with Crippen LogP contribution in [0.15, 0.2) is 24.3 Å². The fraction of sp³-hybridized carbons (Fsp3) is 0.562. The normalized spacial score (nSPS) is 20.8. The van der Waals surface area contributed by atoms with E-state index in [0.717, 1.165) is 18.4 Å². The van der Waals surface area contributed by atoms with Gasteiger partial charge in [0.05, 0.1) is 11.5 Å². The maximum absolute atomic E-state index is 11.8. The molecule has 0 saturated carbocycles. The smallest absolute Gasteiger partial charge is 0.315 e. The van der Waals surface area contributed by atoms with Gasteiger partial charge in [-0.2, -0.15) is 0 Å². The number of phenolic OH excluding ortho intramolecular Hbond substituents is 1. The van der Waals surface area contributed by atoms with Crippen LogP contribution < -0.4 is 10.6 Å². The van der Waals surface area contributed by atoms with Crippen molar-refractivity contribution in [3.8, 4) is 5.75 Å². The largest absolute Gasteiger partial charge is 0.508 e. The van der Waals surface area contributed by atoms with Crippen molar-refractivity contribution in [3.05, 3.63) is 29.8 Å². The van der Waals surface area contributed by atoms with E-state index in [1.807, 2.05) is 19.1 Å². The molecule has 128 valence electrons. The van der Waals surface area contributed by atoms with Crippen LogP contribution in [0.2, 0.25) is 0 Å². The number of nitrogens with one attached hydrogen (secondary N) is 2. The number of carbonyl (C=O) groups excluding carboxylic acids is 1. The van der Waals surface area contributed by atoms with E-state index in [-0.39, 0.29) is 35.2 Å². The van der Waals surface area contributed by atoms with Gasteiger partial charge in [0.15, 0.2) is 9.84 Å². The van der Waals surface area contributed by atoms with E-state index < -0.39 is 9.84 Å². The molecule has 2 amide bonds. The van der Waals surface area contributed by atoms with Gasteiger partial charge in [0.1, 0.15) is 5.75 Å². The fourth-order valence-corrected chi connectivity index (χ4v) is 4.52. The molecule has 1 heterocycles. The zero-order valence-electron chi connectivity index (χ0n) is 13.3. The maximum Gasteiger partial charge on any atom is 0.315 e. The van der Waals surface area contributed by atoms with E-state index in [1.165, 1.54) is 0 Å². The molecule has 1 aliphatic heterocycles. The van der Waals surface area contributed by atoms with E-state index >= 15 is 0 Å². The molecule has 1 aromatic rings. The van der Waals surface area contributed by atoms with Gasteiger partial charge in [0.2, 0.25) is 0 Å². The van der Waals surface area contributed by atoms with Gasteiger partial charge in [-0.3, -0.25) is 0 Å². The standard InChI is InChI=1S/C16H24N2O4S/c1-12(2-3-13-4-6-15(19)7-5-13)18-16(20)17-10-14-8-9-23(21,22)11-14/h4-7,12,14,19H,2-3,8-11H2,1H3,(H2,17,18,20)/t12-,14+/m0/s1. The molecule has 2 atom stereocenters. The molecular formula is C16H24N2O4S. The minimum Gasteiger partial charge on any atom is -0.508 e. The highest BCUT2D eigenvalue weighted by atomic mass is 32.2. The van der Waals surface area contributed by atoms with Gasteiger partial charge in [-0.15, -0.1) is 0 Å². The molecule has 0 radical (unpaired) electrons. The Morgan fingerprint density at radius 3 is 2.65 bits per heavy atom. The Bertz CT molecular complexity index is 628. The van der Waals surface area contributed by atoms with Crippen molar-refractivity contribution in [2.24, 2.45) is 5.92 Å². The molecule has 0 aliphatic carbocycles. The lowest BCUT2D eigenvalue weighted by atomic mass is 10.1. The second-order valence-corrected chi connectivity index (χ2v) is 8.46. The molecular weight excluding hydrogens is 316 g/mol. The summed E-state index contributed by atoms with van der Waals surface area (Å²) in [6.07, 6.45) is 2.22.